The molecule has 0 spiro atoms. The van der Waals surface area contributed by atoms with E-state index in [0.29, 0.717) is 12.8 Å². The Bertz CT molecular complexity index is 544. The van der Waals surface area contributed by atoms with E-state index in [2.05, 4.69) is 16.3 Å². The number of fused-ring (bicyclic) bond motifs is 1. The lowest BCUT2D eigenvalue weighted by atomic mass is 9.96. The minimum atomic E-state index is -0.190. The largest absolute Gasteiger partial charge is 0.295 e. The summed E-state index contributed by atoms with van der Waals surface area (Å²) in [6.45, 7) is 1.57. The lowest BCUT2D eigenvalue weighted by Crippen LogP contribution is -2.53. The van der Waals surface area contributed by atoms with E-state index in [1.54, 1.807) is 0 Å². The van der Waals surface area contributed by atoms with Crippen LogP contribution >= 0.6 is 11.6 Å². The van der Waals surface area contributed by atoms with Gasteiger partial charge >= 0.3 is 0 Å². The summed E-state index contributed by atoms with van der Waals surface area (Å²) in [5.41, 5.74) is 2.48. The maximum Gasteiger partial charge on any atom is 0.243 e. The molecule has 0 radical (unpaired) electrons. The maximum atomic E-state index is 11.9. The second kappa shape index (κ2) is 4.94. The van der Waals surface area contributed by atoms with Crippen molar-refractivity contribution < 1.29 is 9.59 Å². The van der Waals surface area contributed by atoms with Gasteiger partial charge < -0.3 is 0 Å². The monoisotopic (exact) mass is 278 g/mol. The first-order valence-corrected chi connectivity index (χ1v) is 6.86. The molecule has 1 aromatic rings. The molecule has 100 valence electrons. The number of carbonyl (C=O) groups excluding carboxylic acids is 2. The second-order valence-electron chi connectivity index (χ2n) is 5.10. The van der Waals surface area contributed by atoms with Crippen LogP contribution in [0.4, 0.5) is 0 Å². The van der Waals surface area contributed by atoms with Crippen LogP contribution in [0.25, 0.3) is 0 Å². The van der Waals surface area contributed by atoms with Crippen LogP contribution < -0.4 is 5.32 Å². The van der Waals surface area contributed by atoms with Gasteiger partial charge in [0, 0.05) is 24.5 Å². The fourth-order valence-electron chi connectivity index (χ4n) is 2.84. The van der Waals surface area contributed by atoms with E-state index in [-0.39, 0.29) is 17.9 Å². The highest BCUT2D eigenvalue weighted by Crippen LogP contribution is 2.25. The summed E-state index contributed by atoms with van der Waals surface area (Å²) in [5.74, 6) is -0.330. The van der Waals surface area contributed by atoms with E-state index in [1.807, 2.05) is 12.1 Å². The summed E-state index contributed by atoms with van der Waals surface area (Å²) in [6.07, 6.45) is 1.96. The van der Waals surface area contributed by atoms with Crippen LogP contribution in [0.3, 0.4) is 0 Å². The fourth-order valence-corrected chi connectivity index (χ4v) is 3.04. The summed E-state index contributed by atoms with van der Waals surface area (Å²) in [5, 5.41) is 3.14. The Labute approximate surface area is 116 Å². The van der Waals surface area contributed by atoms with Crippen molar-refractivity contribution in [1.29, 1.82) is 0 Å². The summed E-state index contributed by atoms with van der Waals surface area (Å²) >= 11 is 6.02. The average molecular weight is 279 g/mol. The molecule has 3 rings (SSSR count). The van der Waals surface area contributed by atoms with E-state index < -0.39 is 0 Å². The Hall–Kier alpha value is -1.39. The molecule has 1 N–H and O–H groups in total. The first-order valence-electron chi connectivity index (χ1n) is 6.48. The van der Waals surface area contributed by atoms with Crippen LogP contribution in [-0.4, -0.2) is 29.3 Å². The SMILES string of the molecule is O=C1CCC(N2CCc3ccc(Cl)cc3C2)C(=O)N1. The number of carbonyl (C=O) groups is 2. The van der Waals surface area contributed by atoms with Crippen molar-refractivity contribution in [2.24, 2.45) is 0 Å². The van der Waals surface area contributed by atoms with Gasteiger partial charge in [-0.05, 0) is 36.1 Å². The molecular weight excluding hydrogens is 264 g/mol. The zero-order chi connectivity index (χ0) is 13.4. The highest BCUT2D eigenvalue weighted by Gasteiger charge is 2.33. The normalized spacial score (nSPS) is 23.9. The molecular formula is C14H15ClN2O2. The van der Waals surface area contributed by atoms with Gasteiger partial charge in [0.05, 0.1) is 6.04 Å². The lowest BCUT2D eigenvalue weighted by molar-refractivity contribution is -0.137. The summed E-state index contributed by atoms with van der Waals surface area (Å²) in [4.78, 5) is 25.2. The first kappa shape index (κ1) is 12.6. The topological polar surface area (TPSA) is 49.4 Å². The van der Waals surface area contributed by atoms with Crippen molar-refractivity contribution in [3.05, 3.63) is 34.3 Å². The smallest absolute Gasteiger partial charge is 0.243 e. The summed E-state index contributed by atoms with van der Waals surface area (Å²) in [6, 6.07) is 5.74. The molecule has 0 bridgehead atoms. The number of amides is 2. The average Bonchev–Trinajstić information content (AvgIpc) is 2.38. The number of hydrogen-bond donors (Lipinski definition) is 1. The number of nitrogens with one attached hydrogen (secondary N) is 1. The molecule has 1 atom stereocenters. The van der Waals surface area contributed by atoms with Gasteiger partial charge in [0.2, 0.25) is 11.8 Å². The number of hydrogen-bond acceptors (Lipinski definition) is 3. The highest BCUT2D eigenvalue weighted by molar-refractivity contribution is 6.30. The Morgan fingerprint density at radius 2 is 2.05 bits per heavy atom. The van der Waals surface area contributed by atoms with Crippen molar-refractivity contribution in [3.63, 3.8) is 0 Å². The quantitative estimate of drug-likeness (QED) is 0.792. The molecule has 1 saturated heterocycles. The molecule has 4 nitrogen and oxygen atoms in total. The Morgan fingerprint density at radius 1 is 1.21 bits per heavy atom. The molecule has 2 aliphatic rings. The van der Waals surface area contributed by atoms with Gasteiger partial charge in [0.1, 0.15) is 0 Å². The van der Waals surface area contributed by atoms with Gasteiger partial charge in [-0.3, -0.25) is 19.8 Å². The Morgan fingerprint density at radius 3 is 2.84 bits per heavy atom. The molecule has 19 heavy (non-hydrogen) atoms. The zero-order valence-corrected chi connectivity index (χ0v) is 11.2. The molecule has 0 saturated carbocycles. The molecule has 0 aromatic heterocycles. The minimum Gasteiger partial charge on any atom is -0.295 e. The highest BCUT2D eigenvalue weighted by atomic mass is 35.5. The van der Waals surface area contributed by atoms with E-state index in [4.69, 9.17) is 11.6 Å². The van der Waals surface area contributed by atoms with Crippen molar-refractivity contribution in [2.45, 2.75) is 31.8 Å². The van der Waals surface area contributed by atoms with Crippen molar-refractivity contribution in [2.75, 3.05) is 6.54 Å². The first-order chi connectivity index (χ1) is 9.13. The standard InChI is InChI=1S/C14H15ClN2O2/c15-11-2-1-9-5-6-17(8-10(9)7-11)12-3-4-13(18)16-14(12)19/h1-2,7,12H,3-6,8H2,(H,16,18,19). The fraction of sp³-hybridized carbons (Fsp3) is 0.429. The lowest BCUT2D eigenvalue weighted by Gasteiger charge is -2.36. The van der Waals surface area contributed by atoms with Crippen LogP contribution in [0.2, 0.25) is 5.02 Å². The molecule has 2 heterocycles. The molecule has 5 heteroatoms. The summed E-state index contributed by atoms with van der Waals surface area (Å²) < 4.78 is 0. The molecule has 2 aliphatic heterocycles. The number of rotatable bonds is 1. The predicted molar refractivity (Wildman–Crippen MR) is 71.7 cm³/mol. The third kappa shape index (κ3) is 2.51. The van der Waals surface area contributed by atoms with Gasteiger partial charge in [-0.25, -0.2) is 0 Å². The molecule has 2 amide bonds. The van der Waals surface area contributed by atoms with Crippen LogP contribution in [0.15, 0.2) is 18.2 Å². The van der Waals surface area contributed by atoms with E-state index >= 15 is 0 Å². The third-order valence-corrected chi connectivity index (χ3v) is 4.10. The minimum absolute atomic E-state index is 0.165. The van der Waals surface area contributed by atoms with Crippen molar-refractivity contribution in [1.82, 2.24) is 10.2 Å². The number of piperidine rings is 1. The summed E-state index contributed by atoms with van der Waals surface area (Å²) in [7, 11) is 0. The Kier molecular flexibility index (Phi) is 3.29. The van der Waals surface area contributed by atoms with E-state index in [0.717, 1.165) is 24.5 Å². The number of benzene rings is 1. The molecule has 1 unspecified atom stereocenters. The van der Waals surface area contributed by atoms with Crippen LogP contribution in [0.5, 0.6) is 0 Å². The number of nitrogens with zero attached hydrogens (tertiary/aromatic N) is 1. The number of imide groups is 1. The zero-order valence-electron chi connectivity index (χ0n) is 10.5. The van der Waals surface area contributed by atoms with E-state index in [1.165, 1.54) is 11.1 Å². The van der Waals surface area contributed by atoms with Crippen molar-refractivity contribution >= 4 is 23.4 Å². The second-order valence-corrected chi connectivity index (χ2v) is 5.54. The van der Waals surface area contributed by atoms with Crippen LogP contribution in [-0.2, 0) is 22.6 Å². The maximum absolute atomic E-state index is 11.9. The number of halogens is 1. The molecule has 0 aliphatic carbocycles. The predicted octanol–water partition coefficient (Wildman–Crippen LogP) is 1.50. The van der Waals surface area contributed by atoms with Crippen LogP contribution in [0, 0.1) is 0 Å². The van der Waals surface area contributed by atoms with Crippen LogP contribution in [0.1, 0.15) is 24.0 Å². The third-order valence-electron chi connectivity index (χ3n) is 3.86. The molecule has 1 aromatic carbocycles. The van der Waals surface area contributed by atoms with Gasteiger partial charge in [-0.1, -0.05) is 17.7 Å². The van der Waals surface area contributed by atoms with Gasteiger partial charge in [0.15, 0.2) is 0 Å². The van der Waals surface area contributed by atoms with Gasteiger partial charge in [-0.2, -0.15) is 0 Å². The van der Waals surface area contributed by atoms with Gasteiger partial charge in [0.25, 0.3) is 0 Å². The van der Waals surface area contributed by atoms with Crippen molar-refractivity contribution in [3.8, 4) is 0 Å². The van der Waals surface area contributed by atoms with Gasteiger partial charge in [-0.15, -0.1) is 0 Å². The van der Waals surface area contributed by atoms with E-state index in [9.17, 15) is 9.59 Å². The molecule has 1 fully saturated rings. The Balaban J connectivity index is 1.78.